The molecule has 1 aromatic rings. The summed E-state index contributed by atoms with van der Waals surface area (Å²) in [4.78, 5) is 16.3. The molecule has 4 bridgehead atoms. The van der Waals surface area contributed by atoms with E-state index in [1.807, 2.05) is 12.1 Å². The summed E-state index contributed by atoms with van der Waals surface area (Å²) in [5.41, 5.74) is 2.06. The number of hydrogen-bond donors (Lipinski definition) is 1. The van der Waals surface area contributed by atoms with Crippen LogP contribution < -0.4 is 4.90 Å². The maximum atomic E-state index is 11.0. The molecule has 0 amide bonds. The van der Waals surface area contributed by atoms with Crippen molar-refractivity contribution in [1.82, 2.24) is 4.90 Å². The average molecular weight is 340 g/mol. The Kier molecular flexibility index (Phi) is 3.60. The van der Waals surface area contributed by atoms with Crippen molar-refractivity contribution in [2.24, 2.45) is 17.8 Å². The third kappa shape index (κ3) is 2.66. The highest BCUT2D eigenvalue weighted by atomic mass is 16.4. The summed E-state index contributed by atoms with van der Waals surface area (Å²) in [6.07, 6.45) is 8.88. The van der Waals surface area contributed by atoms with Gasteiger partial charge in [0, 0.05) is 37.4 Å². The molecule has 5 aliphatic rings. The highest BCUT2D eigenvalue weighted by molar-refractivity contribution is 5.88. The minimum Gasteiger partial charge on any atom is -0.478 e. The van der Waals surface area contributed by atoms with Crippen LogP contribution in [0.15, 0.2) is 24.3 Å². The van der Waals surface area contributed by atoms with Crippen molar-refractivity contribution in [3.63, 3.8) is 0 Å². The van der Waals surface area contributed by atoms with Crippen LogP contribution in [0.5, 0.6) is 0 Å². The summed E-state index contributed by atoms with van der Waals surface area (Å²) in [7, 11) is 0. The van der Waals surface area contributed by atoms with Crippen LogP contribution >= 0.6 is 0 Å². The van der Waals surface area contributed by atoms with Crippen LogP contribution in [0.2, 0.25) is 0 Å². The van der Waals surface area contributed by atoms with Gasteiger partial charge in [0.15, 0.2) is 0 Å². The van der Waals surface area contributed by atoms with Crippen molar-refractivity contribution in [2.45, 2.75) is 44.1 Å². The third-order valence-electron chi connectivity index (χ3n) is 7.44. The van der Waals surface area contributed by atoms with Gasteiger partial charge in [0.2, 0.25) is 0 Å². The summed E-state index contributed by atoms with van der Waals surface area (Å²) in [6.45, 7) is 4.45. The zero-order valence-electron chi connectivity index (χ0n) is 14.9. The van der Waals surface area contributed by atoms with E-state index in [2.05, 4.69) is 9.80 Å². The molecule has 1 heterocycles. The maximum Gasteiger partial charge on any atom is 0.335 e. The lowest BCUT2D eigenvalue weighted by Gasteiger charge is -2.61. The van der Waals surface area contributed by atoms with Crippen LogP contribution in [0.25, 0.3) is 0 Å². The quantitative estimate of drug-likeness (QED) is 0.915. The summed E-state index contributed by atoms with van der Waals surface area (Å²) in [5.74, 6) is 2.17. The van der Waals surface area contributed by atoms with E-state index in [9.17, 15) is 4.79 Å². The molecular weight excluding hydrogens is 312 g/mol. The Bertz CT molecular complexity index is 626. The number of aromatic carboxylic acids is 1. The Balaban J connectivity index is 1.26. The fraction of sp³-hybridized carbons (Fsp3) is 0.667. The number of carboxylic acid groups (broad SMARTS) is 1. The zero-order valence-corrected chi connectivity index (χ0v) is 14.9. The molecule has 1 aliphatic heterocycles. The molecule has 25 heavy (non-hydrogen) atoms. The molecule has 1 N–H and O–H groups in total. The van der Waals surface area contributed by atoms with Gasteiger partial charge in [0.25, 0.3) is 0 Å². The van der Waals surface area contributed by atoms with E-state index in [1.54, 1.807) is 12.1 Å². The number of carbonyl (C=O) groups is 1. The smallest absolute Gasteiger partial charge is 0.335 e. The van der Waals surface area contributed by atoms with Gasteiger partial charge < -0.3 is 10.0 Å². The van der Waals surface area contributed by atoms with Crippen LogP contribution in [-0.2, 0) is 0 Å². The van der Waals surface area contributed by atoms with Crippen molar-refractivity contribution in [1.29, 1.82) is 0 Å². The van der Waals surface area contributed by atoms with Gasteiger partial charge in [-0.1, -0.05) is 0 Å². The first-order valence-corrected chi connectivity index (χ1v) is 9.95. The molecule has 4 aliphatic carbocycles. The highest BCUT2D eigenvalue weighted by Gasteiger charge is 2.53. The van der Waals surface area contributed by atoms with Crippen molar-refractivity contribution < 1.29 is 9.90 Å². The highest BCUT2D eigenvalue weighted by Crippen LogP contribution is 2.57. The lowest BCUT2D eigenvalue weighted by Crippen LogP contribution is -2.63. The molecular formula is C21H28N2O2. The molecule has 4 saturated carbocycles. The minimum atomic E-state index is -0.849. The first kappa shape index (κ1) is 15.7. The molecule has 0 radical (unpaired) electrons. The number of carboxylic acids is 1. The second-order valence-corrected chi connectivity index (χ2v) is 8.97. The molecule has 0 spiro atoms. The molecule has 1 aromatic carbocycles. The van der Waals surface area contributed by atoms with Gasteiger partial charge >= 0.3 is 5.97 Å². The van der Waals surface area contributed by atoms with Crippen molar-refractivity contribution in [3.05, 3.63) is 29.8 Å². The van der Waals surface area contributed by atoms with E-state index in [0.29, 0.717) is 11.1 Å². The molecule has 134 valence electrons. The number of piperazine rings is 1. The van der Waals surface area contributed by atoms with Crippen LogP contribution in [0.3, 0.4) is 0 Å². The van der Waals surface area contributed by atoms with Crippen molar-refractivity contribution in [3.8, 4) is 0 Å². The molecule has 4 nitrogen and oxygen atoms in total. The molecule has 5 fully saturated rings. The summed E-state index contributed by atoms with van der Waals surface area (Å²) >= 11 is 0. The fourth-order valence-electron chi connectivity index (χ4n) is 6.71. The first-order chi connectivity index (χ1) is 12.1. The number of nitrogens with zero attached hydrogens (tertiary/aromatic N) is 2. The average Bonchev–Trinajstić information content (AvgIpc) is 2.61. The Morgan fingerprint density at radius 3 is 1.88 bits per heavy atom. The van der Waals surface area contributed by atoms with Gasteiger partial charge in [-0.3, -0.25) is 4.90 Å². The molecule has 1 saturated heterocycles. The molecule has 0 atom stereocenters. The lowest BCUT2D eigenvalue weighted by molar-refractivity contribution is -0.0901. The minimum absolute atomic E-state index is 0.371. The number of benzene rings is 1. The van der Waals surface area contributed by atoms with E-state index >= 15 is 0 Å². The van der Waals surface area contributed by atoms with Crippen molar-refractivity contribution >= 4 is 11.7 Å². The van der Waals surface area contributed by atoms with Crippen LogP contribution in [0.4, 0.5) is 5.69 Å². The Morgan fingerprint density at radius 2 is 1.40 bits per heavy atom. The van der Waals surface area contributed by atoms with Crippen molar-refractivity contribution in [2.75, 3.05) is 31.1 Å². The standard InChI is InChI=1S/C21H28N2O2/c24-20(25)18-1-3-19(4-2-18)22-5-7-23(8-6-22)21-12-15-9-16(13-21)11-17(10-15)14-21/h1-4,15-17H,5-14H2,(H,24,25). The van der Waals surface area contributed by atoms with E-state index in [-0.39, 0.29) is 0 Å². The van der Waals surface area contributed by atoms with Gasteiger partial charge in [-0.25, -0.2) is 4.79 Å². The first-order valence-electron chi connectivity index (χ1n) is 9.95. The van der Waals surface area contributed by atoms with Gasteiger partial charge in [-0.2, -0.15) is 0 Å². The van der Waals surface area contributed by atoms with Gasteiger partial charge in [0.05, 0.1) is 5.56 Å². The van der Waals surface area contributed by atoms with E-state index in [4.69, 9.17) is 5.11 Å². The Morgan fingerprint density at radius 1 is 0.880 bits per heavy atom. The van der Waals surface area contributed by atoms with Crippen LogP contribution in [-0.4, -0.2) is 47.7 Å². The molecule has 6 rings (SSSR count). The number of hydrogen-bond acceptors (Lipinski definition) is 3. The lowest BCUT2D eigenvalue weighted by atomic mass is 9.52. The van der Waals surface area contributed by atoms with Crippen LogP contribution in [0.1, 0.15) is 48.9 Å². The summed E-state index contributed by atoms with van der Waals surface area (Å²) in [5, 5.41) is 9.05. The van der Waals surface area contributed by atoms with E-state index < -0.39 is 5.97 Å². The summed E-state index contributed by atoms with van der Waals surface area (Å²) in [6, 6.07) is 7.37. The predicted octanol–water partition coefficient (Wildman–Crippen LogP) is 3.48. The second kappa shape index (κ2) is 5.73. The second-order valence-electron chi connectivity index (χ2n) is 8.97. The SMILES string of the molecule is O=C(O)c1ccc(N2CCN(C34CC5CC(CC(C5)C3)C4)CC2)cc1. The summed E-state index contributed by atoms with van der Waals surface area (Å²) < 4.78 is 0. The van der Waals surface area contributed by atoms with Gasteiger partial charge in [-0.15, -0.1) is 0 Å². The third-order valence-corrected chi connectivity index (χ3v) is 7.44. The largest absolute Gasteiger partial charge is 0.478 e. The predicted molar refractivity (Wildman–Crippen MR) is 98.1 cm³/mol. The molecule has 4 heteroatoms. The Hall–Kier alpha value is -1.55. The topological polar surface area (TPSA) is 43.8 Å². The normalized spacial score (nSPS) is 37.4. The monoisotopic (exact) mass is 340 g/mol. The zero-order chi connectivity index (χ0) is 17.0. The Labute approximate surface area is 149 Å². The van der Waals surface area contributed by atoms with Gasteiger partial charge in [-0.05, 0) is 80.5 Å². The fourth-order valence-corrected chi connectivity index (χ4v) is 6.71. The van der Waals surface area contributed by atoms with E-state index in [0.717, 1.165) is 49.6 Å². The van der Waals surface area contributed by atoms with Gasteiger partial charge in [0.1, 0.15) is 0 Å². The number of rotatable bonds is 3. The molecule has 0 aromatic heterocycles. The van der Waals surface area contributed by atoms with E-state index in [1.165, 1.54) is 38.5 Å². The maximum absolute atomic E-state index is 11.0. The van der Waals surface area contributed by atoms with Crippen LogP contribution in [0, 0.1) is 17.8 Å². The molecule has 0 unspecified atom stereocenters. The number of anilines is 1.